The fraction of sp³-hybridized carbons (Fsp3) is 0.400. The molecule has 1 saturated heterocycles. The standard InChI is InChI=1S/C20H26N4O2/c1-2-23-12-4-6-18(23)15-24(14-16-7-9-19(25)10-8-16)20(26)22-17-5-3-11-21-13-17/h3,5,7-11,13,18,25H,2,4,6,12,14-15H2,1H3,(H,22,26)/t18-/m1/s1. The molecule has 1 fully saturated rings. The molecule has 6 nitrogen and oxygen atoms in total. The Bertz CT molecular complexity index is 706. The van der Waals surface area contributed by atoms with Crippen molar-refractivity contribution >= 4 is 11.7 Å². The first-order valence-corrected chi connectivity index (χ1v) is 9.13. The molecule has 0 radical (unpaired) electrons. The minimum Gasteiger partial charge on any atom is -0.508 e. The number of rotatable bonds is 6. The number of hydrogen-bond acceptors (Lipinski definition) is 4. The molecule has 2 N–H and O–H groups in total. The van der Waals surface area contributed by atoms with Gasteiger partial charge in [-0.05, 0) is 55.8 Å². The quantitative estimate of drug-likeness (QED) is 0.835. The molecule has 1 aromatic carbocycles. The SMILES string of the molecule is CCN1CCC[C@@H]1CN(Cc1ccc(O)cc1)C(=O)Nc1cccnc1. The Morgan fingerprint density at radius 1 is 1.35 bits per heavy atom. The van der Waals surface area contributed by atoms with Gasteiger partial charge in [0.2, 0.25) is 0 Å². The molecule has 0 bridgehead atoms. The van der Waals surface area contributed by atoms with Crippen LogP contribution in [0.3, 0.4) is 0 Å². The highest BCUT2D eigenvalue weighted by Crippen LogP contribution is 2.20. The Balaban J connectivity index is 1.73. The molecule has 6 heteroatoms. The van der Waals surface area contributed by atoms with Crippen LogP contribution in [0.1, 0.15) is 25.3 Å². The zero-order chi connectivity index (χ0) is 18.4. The number of nitrogens with one attached hydrogen (secondary N) is 1. The Hall–Kier alpha value is -2.60. The Morgan fingerprint density at radius 3 is 2.85 bits per heavy atom. The van der Waals surface area contributed by atoms with Gasteiger partial charge in [-0.15, -0.1) is 0 Å². The molecule has 1 aromatic heterocycles. The molecule has 0 spiro atoms. The summed E-state index contributed by atoms with van der Waals surface area (Å²) in [6.07, 6.45) is 5.61. The molecular weight excluding hydrogens is 328 g/mol. The normalized spacial score (nSPS) is 17.2. The lowest BCUT2D eigenvalue weighted by molar-refractivity contribution is 0.175. The first-order valence-electron chi connectivity index (χ1n) is 9.13. The van der Waals surface area contributed by atoms with E-state index in [-0.39, 0.29) is 11.8 Å². The second-order valence-electron chi connectivity index (χ2n) is 6.64. The van der Waals surface area contributed by atoms with E-state index in [4.69, 9.17) is 0 Å². The molecule has 0 aliphatic carbocycles. The van der Waals surface area contributed by atoms with Crippen molar-refractivity contribution in [3.8, 4) is 5.75 Å². The zero-order valence-corrected chi connectivity index (χ0v) is 15.1. The summed E-state index contributed by atoms with van der Waals surface area (Å²) in [6.45, 7) is 5.44. The minimum atomic E-state index is -0.131. The lowest BCUT2D eigenvalue weighted by Gasteiger charge is -2.30. The number of anilines is 1. The molecule has 1 aliphatic rings. The lowest BCUT2D eigenvalue weighted by atomic mass is 10.1. The number of urea groups is 1. The van der Waals surface area contributed by atoms with Crippen LogP contribution in [0, 0.1) is 0 Å². The van der Waals surface area contributed by atoms with Crippen LogP contribution in [0.2, 0.25) is 0 Å². The Labute approximate surface area is 154 Å². The van der Waals surface area contributed by atoms with Gasteiger partial charge in [-0.3, -0.25) is 9.88 Å². The summed E-state index contributed by atoms with van der Waals surface area (Å²) < 4.78 is 0. The molecule has 0 unspecified atom stereocenters. The predicted molar refractivity (Wildman–Crippen MR) is 102 cm³/mol. The van der Waals surface area contributed by atoms with Crippen molar-refractivity contribution in [2.24, 2.45) is 0 Å². The third kappa shape index (κ3) is 4.73. The van der Waals surface area contributed by atoms with E-state index in [1.165, 1.54) is 6.42 Å². The molecule has 3 rings (SSSR count). The van der Waals surface area contributed by atoms with E-state index in [0.29, 0.717) is 24.8 Å². The second kappa shape index (κ2) is 8.67. The summed E-state index contributed by atoms with van der Waals surface area (Å²) in [6, 6.07) is 10.9. The topological polar surface area (TPSA) is 68.7 Å². The molecule has 2 heterocycles. The summed E-state index contributed by atoms with van der Waals surface area (Å²) >= 11 is 0. The monoisotopic (exact) mass is 354 g/mol. The van der Waals surface area contributed by atoms with Gasteiger partial charge in [-0.25, -0.2) is 4.79 Å². The van der Waals surface area contributed by atoms with Gasteiger partial charge >= 0.3 is 6.03 Å². The van der Waals surface area contributed by atoms with Crippen molar-refractivity contribution in [3.63, 3.8) is 0 Å². The van der Waals surface area contributed by atoms with Crippen LogP contribution in [0.4, 0.5) is 10.5 Å². The van der Waals surface area contributed by atoms with Crippen LogP contribution >= 0.6 is 0 Å². The average Bonchev–Trinajstić information content (AvgIpc) is 3.11. The highest BCUT2D eigenvalue weighted by molar-refractivity contribution is 5.89. The van der Waals surface area contributed by atoms with Crippen LogP contribution < -0.4 is 5.32 Å². The van der Waals surface area contributed by atoms with Crippen LogP contribution in [0.25, 0.3) is 0 Å². The molecule has 1 atom stereocenters. The van der Waals surface area contributed by atoms with E-state index in [0.717, 1.165) is 25.1 Å². The number of aromatic nitrogens is 1. The smallest absolute Gasteiger partial charge is 0.322 e. The summed E-state index contributed by atoms with van der Waals surface area (Å²) in [7, 11) is 0. The number of pyridine rings is 1. The number of phenols is 1. The number of phenolic OH excluding ortho intramolecular Hbond substituents is 1. The van der Waals surface area contributed by atoms with Crippen LogP contribution in [0.5, 0.6) is 5.75 Å². The largest absolute Gasteiger partial charge is 0.508 e. The first kappa shape index (κ1) is 18.2. The summed E-state index contributed by atoms with van der Waals surface area (Å²) in [5, 5.41) is 12.4. The fourth-order valence-electron chi connectivity index (χ4n) is 3.45. The molecule has 138 valence electrons. The average molecular weight is 354 g/mol. The van der Waals surface area contributed by atoms with E-state index in [1.54, 1.807) is 30.6 Å². The maximum absolute atomic E-state index is 12.9. The fourth-order valence-corrected chi connectivity index (χ4v) is 3.45. The molecule has 2 aromatic rings. The van der Waals surface area contributed by atoms with Crippen LogP contribution in [-0.2, 0) is 6.54 Å². The third-order valence-electron chi connectivity index (χ3n) is 4.85. The van der Waals surface area contributed by atoms with Gasteiger partial charge in [-0.1, -0.05) is 19.1 Å². The molecule has 0 saturated carbocycles. The maximum Gasteiger partial charge on any atom is 0.322 e. The summed E-state index contributed by atoms with van der Waals surface area (Å²) in [4.78, 5) is 21.2. The van der Waals surface area contributed by atoms with Crippen molar-refractivity contribution in [2.45, 2.75) is 32.4 Å². The van der Waals surface area contributed by atoms with Crippen LogP contribution in [0.15, 0.2) is 48.8 Å². The minimum absolute atomic E-state index is 0.131. The van der Waals surface area contributed by atoms with Crippen molar-refractivity contribution in [1.82, 2.24) is 14.8 Å². The van der Waals surface area contributed by atoms with Gasteiger partial charge in [0.25, 0.3) is 0 Å². The number of carbonyl (C=O) groups is 1. The molecule has 26 heavy (non-hydrogen) atoms. The first-order chi connectivity index (χ1) is 12.7. The highest BCUT2D eigenvalue weighted by Gasteiger charge is 2.27. The van der Waals surface area contributed by atoms with Crippen molar-refractivity contribution < 1.29 is 9.90 Å². The van der Waals surface area contributed by atoms with E-state index in [9.17, 15) is 9.90 Å². The zero-order valence-electron chi connectivity index (χ0n) is 15.1. The second-order valence-corrected chi connectivity index (χ2v) is 6.64. The Morgan fingerprint density at radius 2 is 2.15 bits per heavy atom. The maximum atomic E-state index is 12.9. The van der Waals surface area contributed by atoms with E-state index in [1.807, 2.05) is 23.1 Å². The third-order valence-corrected chi connectivity index (χ3v) is 4.85. The number of likely N-dealkylation sites (tertiary alicyclic amines) is 1. The number of benzene rings is 1. The number of nitrogens with zero attached hydrogens (tertiary/aromatic N) is 3. The number of amides is 2. The number of aromatic hydroxyl groups is 1. The summed E-state index contributed by atoms with van der Waals surface area (Å²) in [5.41, 5.74) is 1.68. The van der Waals surface area contributed by atoms with Gasteiger partial charge in [0.1, 0.15) is 5.75 Å². The van der Waals surface area contributed by atoms with Crippen LogP contribution in [-0.4, -0.2) is 51.6 Å². The van der Waals surface area contributed by atoms with Crippen molar-refractivity contribution in [1.29, 1.82) is 0 Å². The number of likely N-dealkylation sites (N-methyl/N-ethyl adjacent to an activating group) is 1. The van der Waals surface area contributed by atoms with Gasteiger partial charge < -0.3 is 15.3 Å². The number of carbonyl (C=O) groups excluding carboxylic acids is 1. The van der Waals surface area contributed by atoms with E-state index in [2.05, 4.69) is 22.1 Å². The van der Waals surface area contributed by atoms with Gasteiger partial charge in [0.15, 0.2) is 0 Å². The van der Waals surface area contributed by atoms with Crippen molar-refractivity contribution in [3.05, 3.63) is 54.4 Å². The van der Waals surface area contributed by atoms with Gasteiger partial charge in [0, 0.05) is 25.3 Å². The van der Waals surface area contributed by atoms with Gasteiger partial charge in [0.05, 0.1) is 11.9 Å². The summed E-state index contributed by atoms with van der Waals surface area (Å²) in [5.74, 6) is 0.230. The number of hydrogen-bond donors (Lipinski definition) is 2. The predicted octanol–water partition coefficient (Wildman–Crippen LogP) is 3.31. The molecular formula is C20H26N4O2. The molecule has 1 aliphatic heterocycles. The van der Waals surface area contributed by atoms with Gasteiger partial charge in [-0.2, -0.15) is 0 Å². The van der Waals surface area contributed by atoms with E-state index >= 15 is 0 Å². The Kier molecular flexibility index (Phi) is 6.07. The van der Waals surface area contributed by atoms with Crippen molar-refractivity contribution in [2.75, 3.05) is 25.0 Å². The lowest BCUT2D eigenvalue weighted by Crippen LogP contribution is -2.44. The highest BCUT2D eigenvalue weighted by atomic mass is 16.3. The van der Waals surface area contributed by atoms with E-state index < -0.39 is 0 Å². The molecule has 2 amide bonds.